The van der Waals surface area contributed by atoms with Gasteiger partial charge >= 0.3 is 6.18 Å². The number of thiophene rings is 1. The fourth-order valence-electron chi connectivity index (χ4n) is 3.57. The van der Waals surface area contributed by atoms with Crippen LogP contribution in [-0.2, 0) is 17.5 Å². The first kappa shape index (κ1) is 19.6. The van der Waals surface area contributed by atoms with Gasteiger partial charge in [0.2, 0.25) is 5.91 Å². The molecule has 1 aliphatic heterocycles. The highest BCUT2D eigenvalue weighted by molar-refractivity contribution is 7.16. The van der Waals surface area contributed by atoms with Crippen LogP contribution in [-0.4, -0.2) is 28.5 Å². The van der Waals surface area contributed by atoms with Crippen LogP contribution in [0, 0.1) is 5.82 Å². The van der Waals surface area contributed by atoms with E-state index in [2.05, 4.69) is 15.3 Å². The number of alkyl halides is 3. The van der Waals surface area contributed by atoms with Gasteiger partial charge in [0.05, 0.1) is 10.9 Å². The molecule has 1 aliphatic rings. The number of nitrogens with zero attached hydrogens (tertiary/aromatic N) is 3. The number of hydrogen-bond acceptors (Lipinski definition) is 5. The van der Waals surface area contributed by atoms with Gasteiger partial charge in [-0.05, 0) is 42.0 Å². The first-order valence-corrected chi connectivity index (χ1v) is 9.81. The predicted octanol–water partition coefficient (Wildman–Crippen LogP) is 4.13. The molecule has 0 spiro atoms. The minimum atomic E-state index is -4.70. The van der Waals surface area contributed by atoms with Crippen LogP contribution in [0.1, 0.15) is 24.0 Å². The summed E-state index contributed by atoms with van der Waals surface area (Å²) < 4.78 is 52.7. The smallest absolute Gasteiger partial charge is 0.350 e. The molecular weight excluding hydrogens is 408 g/mol. The molecule has 3 heterocycles. The van der Waals surface area contributed by atoms with E-state index >= 15 is 0 Å². The van der Waals surface area contributed by atoms with Crippen molar-refractivity contribution < 1.29 is 22.4 Å². The second-order valence-electron chi connectivity index (χ2n) is 6.71. The molecule has 1 amide bonds. The third kappa shape index (κ3) is 3.89. The van der Waals surface area contributed by atoms with Gasteiger partial charge in [0.1, 0.15) is 28.8 Å². The van der Waals surface area contributed by atoms with Crippen molar-refractivity contribution in [2.45, 2.75) is 31.6 Å². The number of rotatable bonds is 4. The second kappa shape index (κ2) is 7.58. The van der Waals surface area contributed by atoms with Crippen molar-refractivity contribution in [3.63, 3.8) is 0 Å². The number of halogens is 4. The number of hydrogen-bond donors (Lipinski definition) is 1. The monoisotopic (exact) mass is 424 g/mol. The molecule has 10 heteroatoms. The SMILES string of the molecule is O=C(NCc1ccc(F)cc1C(F)(F)F)C1CCCN1c1ncnc2sccc12. The fourth-order valence-corrected chi connectivity index (χ4v) is 4.29. The Hall–Kier alpha value is -2.75. The summed E-state index contributed by atoms with van der Waals surface area (Å²) >= 11 is 1.47. The number of nitrogens with one attached hydrogen (secondary N) is 1. The molecule has 29 heavy (non-hydrogen) atoms. The van der Waals surface area contributed by atoms with Gasteiger partial charge in [-0.2, -0.15) is 13.2 Å². The summed E-state index contributed by atoms with van der Waals surface area (Å²) in [5.41, 5.74) is -1.27. The molecule has 0 bridgehead atoms. The van der Waals surface area contributed by atoms with Crippen LogP contribution in [0.3, 0.4) is 0 Å². The Balaban J connectivity index is 1.53. The number of fused-ring (bicyclic) bond motifs is 1. The molecule has 2 aromatic heterocycles. The summed E-state index contributed by atoms with van der Waals surface area (Å²) in [4.78, 5) is 23.9. The van der Waals surface area contributed by atoms with Crippen LogP contribution < -0.4 is 10.2 Å². The molecule has 1 saturated heterocycles. The van der Waals surface area contributed by atoms with Gasteiger partial charge in [-0.3, -0.25) is 4.79 Å². The maximum atomic E-state index is 13.3. The Morgan fingerprint density at radius 3 is 2.90 bits per heavy atom. The van der Waals surface area contributed by atoms with E-state index in [1.807, 2.05) is 16.3 Å². The molecule has 1 fully saturated rings. The zero-order valence-electron chi connectivity index (χ0n) is 15.0. The van der Waals surface area contributed by atoms with Gasteiger partial charge in [0.25, 0.3) is 0 Å². The molecule has 0 radical (unpaired) electrons. The quantitative estimate of drug-likeness (QED) is 0.640. The number of amides is 1. The van der Waals surface area contributed by atoms with Crippen molar-refractivity contribution in [3.8, 4) is 0 Å². The Bertz CT molecular complexity index is 1050. The van der Waals surface area contributed by atoms with Crippen LogP contribution in [0.25, 0.3) is 10.2 Å². The van der Waals surface area contributed by atoms with Crippen molar-refractivity contribution in [3.05, 3.63) is 52.9 Å². The third-order valence-electron chi connectivity index (χ3n) is 4.90. The Morgan fingerprint density at radius 2 is 2.10 bits per heavy atom. The minimum Gasteiger partial charge on any atom is -0.350 e. The number of carbonyl (C=O) groups is 1. The van der Waals surface area contributed by atoms with Gasteiger partial charge in [-0.15, -0.1) is 11.3 Å². The molecule has 5 nitrogen and oxygen atoms in total. The van der Waals surface area contributed by atoms with Gasteiger partial charge < -0.3 is 10.2 Å². The van der Waals surface area contributed by atoms with E-state index in [-0.39, 0.29) is 18.0 Å². The summed E-state index contributed by atoms with van der Waals surface area (Å²) in [6.07, 6.45) is -1.93. The van der Waals surface area contributed by atoms with Gasteiger partial charge in [0.15, 0.2) is 0 Å². The normalized spacial score (nSPS) is 17.1. The fraction of sp³-hybridized carbons (Fsp3) is 0.316. The molecule has 1 atom stereocenters. The Labute approximate surface area is 167 Å². The molecule has 152 valence electrons. The summed E-state index contributed by atoms with van der Waals surface area (Å²) in [7, 11) is 0. The zero-order chi connectivity index (χ0) is 20.6. The first-order chi connectivity index (χ1) is 13.8. The van der Waals surface area contributed by atoms with E-state index in [4.69, 9.17) is 0 Å². The summed E-state index contributed by atoms with van der Waals surface area (Å²) in [5.74, 6) is -0.716. The van der Waals surface area contributed by atoms with Crippen molar-refractivity contribution in [1.29, 1.82) is 0 Å². The molecular formula is C19H16F4N4OS. The standard InChI is InChI=1S/C19H16F4N4OS/c20-12-4-3-11(14(8-12)19(21,22)23)9-24-17(28)15-2-1-6-27(15)16-13-5-7-29-18(13)26-10-25-16/h3-5,7-8,10,15H,1-2,6,9H2,(H,24,28). The number of benzene rings is 1. The van der Waals surface area contributed by atoms with Gasteiger partial charge in [-0.25, -0.2) is 14.4 Å². The summed E-state index contributed by atoms with van der Waals surface area (Å²) in [5, 5.41) is 5.30. The lowest BCUT2D eigenvalue weighted by Crippen LogP contribution is -2.43. The van der Waals surface area contributed by atoms with Gasteiger partial charge in [-0.1, -0.05) is 6.07 Å². The van der Waals surface area contributed by atoms with Crippen LogP contribution in [0.5, 0.6) is 0 Å². The lowest BCUT2D eigenvalue weighted by Gasteiger charge is -2.25. The molecule has 3 aromatic rings. The van der Waals surface area contributed by atoms with Crippen molar-refractivity contribution in [1.82, 2.24) is 15.3 Å². The predicted molar refractivity (Wildman–Crippen MR) is 101 cm³/mol. The second-order valence-corrected chi connectivity index (χ2v) is 7.60. The van der Waals surface area contributed by atoms with Crippen molar-refractivity contribution in [2.75, 3.05) is 11.4 Å². The van der Waals surface area contributed by atoms with E-state index in [1.54, 1.807) is 0 Å². The van der Waals surface area contributed by atoms with Gasteiger partial charge in [0, 0.05) is 13.1 Å². The van der Waals surface area contributed by atoms with E-state index in [0.29, 0.717) is 24.8 Å². The van der Waals surface area contributed by atoms with E-state index in [9.17, 15) is 22.4 Å². The lowest BCUT2D eigenvalue weighted by molar-refractivity contribution is -0.138. The molecule has 1 aromatic carbocycles. The largest absolute Gasteiger partial charge is 0.416 e. The highest BCUT2D eigenvalue weighted by atomic mass is 32.1. The lowest BCUT2D eigenvalue weighted by atomic mass is 10.1. The molecule has 1 unspecified atom stereocenters. The third-order valence-corrected chi connectivity index (χ3v) is 5.72. The summed E-state index contributed by atoms with van der Waals surface area (Å²) in [6, 6.07) is 3.79. The molecule has 4 rings (SSSR count). The first-order valence-electron chi connectivity index (χ1n) is 8.93. The average molecular weight is 424 g/mol. The average Bonchev–Trinajstić information content (AvgIpc) is 3.35. The highest BCUT2D eigenvalue weighted by Gasteiger charge is 2.35. The maximum Gasteiger partial charge on any atom is 0.416 e. The van der Waals surface area contributed by atoms with Crippen molar-refractivity contribution in [2.24, 2.45) is 0 Å². The Kier molecular flexibility index (Phi) is 5.12. The van der Waals surface area contributed by atoms with E-state index < -0.39 is 23.6 Å². The van der Waals surface area contributed by atoms with E-state index in [0.717, 1.165) is 28.8 Å². The highest BCUT2D eigenvalue weighted by Crippen LogP contribution is 2.33. The molecule has 0 saturated carbocycles. The van der Waals surface area contributed by atoms with E-state index in [1.165, 1.54) is 17.7 Å². The molecule has 0 aliphatic carbocycles. The zero-order valence-corrected chi connectivity index (χ0v) is 15.9. The van der Waals surface area contributed by atoms with Crippen LogP contribution in [0.15, 0.2) is 36.0 Å². The minimum absolute atomic E-state index is 0.181. The summed E-state index contributed by atoms with van der Waals surface area (Å²) in [6.45, 7) is 0.278. The van der Waals surface area contributed by atoms with Crippen LogP contribution in [0.4, 0.5) is 23.4 Å². The topological polar surface area (TPSA) is 58.1 Å². The number of carbonyl (C=O) groups excluding carboxylic acids is 1. The van der Waals surface area contributed by atoms with Crippen LogP contribution in [0.2, 0.25) is 0 Å². The Morgan fingerprint density at radius 1 is 1.28 bits per heavy atom. The van der Waals surface area contributed by atoms with Crippen LogP contribution >= 0.6 is 11.3 Å². The number of aromatic nitrogens is 2. The number of anilines is 1. The maximum absolute atomic E-state index is 13.3. The molecule has 1 N–H and O–H groups in total. The van der Waals surface area contributed by atoms with Crippen molar-refractivity contribution >= 4 is 33.3 Å².